The number of aryl methyl sites for hydroxylation is 1. The monoisotopic (exact) mass is 352 g/mol. The van der Waals surface area contributed by atoms with Gasteiger partial charge in [0.25, 0.3) is 5.91 Å². The second kappa shape index (κ2) is 7.27. The zero-order valence-electron chi connectivity index (χ0n) is 15.1. The Kier molecular flexibility index (Phi) is 4.69. The van der Waals surface area contributed by atoms with Crippen LogP contribution in [-0.2, 0) is 0 Å². The summed E-state index contributed by atoms with van der Waals surface area (Å²) in [5, 5.41) is 0. The second-order valence-electron chi connectivity index (χ2n) is 6.86. The molecule has 1 amide bonds. The number of anilines is 2. The first-order chi connectivity index (χ1) is 12.7. The Hall–Kier alpha value is -2.70. The van der Waals surface area contributed by atoms with Crippen LogP contribution in [0.2, 0.25) is 0 Å². The van der Waals surface area contributed by atoms with E-state index in [-0.39, 0.29) is 5.91 Å². The lowest BCUT2D eigenvalue weighted by atomic mass is 10.2. The van der Waals surface area contributed by atoms with Crippen LogP contribution in [-0.4, -0.2) is 65.0 Å². The molecule has 0 spiro atoms. The highest BCUT2D eigenvalue weighted by Gasteiger charge is 2.25. The molecule has 7 heteroatoms. The highest BCUT2D eigenvalue weighted by Crippen LogP contribution is 2.18. The average Bonchev–Trinajstić information content (AvgIpc) is 3.23. The number of rotatable bonds is 3. The first-order valence-corrected chi connectivity index (χ1v) is 9.26. The molecule has 2 aromatic rings. The van der Waals surface area contributed by atoms with Gasteiger partial charge in [-0.25, -0.2) is 15.0 Å². The van der Waals surface area contributed by atoms with Gasteiger partial charge in [0.15, 0.2) is 0 Å². The number of pyridine rings is 1. The molecule has 2 saturated heterocycles. The van der Waals surface area contributed by atoms with Gasteiger partial charge in [0, 0.05) is 51.2 Å². The minimum atomic E-state index is -0.00313. The van der Waals surface area contributed by atoms with E-state index in [2.05, 4.69) is 24.8 Å². The minimum Gasteiger partial charge on any atom is -0.353 e. The van der Waals surface area contributed by atoms with Crippen LogP contribution in [0.15, 0.2) is 30.5 Å². The molecule has 2 aliphatic rings. The van der Waals surface area contributed by atoms with Crippen molar-refractivity contribution in [2.75, 3.05) is 49.1 Å². The first kappa shape index (κ1) is 16.8. The smallest absolute Gasteiger partial charge is 0.272 e. The van der Waals surface area contributed by atoms with E-state index in [0.717, 1.165) is 50.5 Å². The molecular formula is C19H24N6O. The van der Waals surface area contributed by atoms with Gasteiger partial charge in [-0.3, -0.25) is 4.79 Å². The maximum atomic E-state index is 12.9. The molecule has 4 rings (SSSR count). The van der Waals surface area contributed by atoms with Gasteiger partial charge in [0.2, 0.25) is 5.95 Å². The predicted octanol–water partition coefficient (Wildman–Crippen LogP) is 1.74. The molecule has 26 heavy (non-hydrogen) atoms. The van der Waals surface area contributed by atoms with Gasteiger partial charge in [0.05, 0.1) is 0 Å². The van der Waals surface area contributed by atoms with Gasteiger partial charge in [0.1, 0.15) is 11.5 Å². The Morgan fingerprint density at radius 3 is 2.42 bits per heavy atom. The third kappa shape index (κ3) is 3.47. The quantitative estimate of drug-likeness (QED) is 0.838. The van der Waals surface area contributed by atoms with E-state index in [4.69, 9.17) is 0 Å². The number of amides is 1. The molecule has 0 saturated carbocycles. The number of hydrogen-bond acceptors (Lipinski definition) is 6. The topological polar surface area (TPSA) is 65.5 Å². The first-order valence-electron chi connectivity index (χ1n) is 9.26. The number of carbonyl (C=O) groups is 1. The van der Waals surface area contributed by atoms with Crippen LogP contribution in [0, 0.1) is 6.92 Å². The van der Waals surface area contributed by atoms with Gasteiger partial charge >= 0.3 is 0 Å². The maximum Gasteiger partial charge on any atom is 0.272 e. The summed E-state index contributed by atoms with van der Waals surface area (Å²) in [6.45, 7) is 6.79. The number of aromatic nitrogens is 3. The van der Waals surface area contributed by atoms with Crippen molar-refractivity contribution in [3.8, 4) is 0 Å². The van der Waals surface area contributed by atoms with E-state index in [1.807, 2.05) is 30.0 Å². The second-order valence-corrected chi connectivity index (χ2v) is 6.86. The zero-order valence-corrected chi connectivity index (χ0v) is 15.1. The molecule has 0 N–H and O–H groups in total. The molecule has 0 radical (unpaired) electrons. The van der Waals surface area contributed by atoms with Crippen molar-refractivity contribution in [2.45, 2.75) is 19.8 Å². The molecule has 2 aliphatic heterocycles. The summed E-state index contributed by atoms with van der Waals surface area (Å²) >= 11 is 0. The van der Waals surface area contributed by atoms with Crippen molar-refractivity contribution in [3.63, 3.8) is 0 Å². The van der Waals surface area contributed by atoms with Crippen LogP contribution < -0.4 is 9.80 Å². The lowest BCUT2D eigenvalue weighted by molar-refractivity contribution is 0.0740. The molecule has 136 valence electrons. The van der Waals surface area contributed by atoms with Crippen LogP contribution in [0.1, 0.15) is 29.0 Å². The van der Waals surface area contributed by atoms with E-state index >= 15 is 0 Å². The molecule has 2 fully saturated rings. The van der Waals surface area contributed by atoms with Crippen LogP contribution in [0.5, 0.6) is 0 Å². The Labute approximate surface area is 153 Å². The molecular weight excluding hydrogens is 328 g/mol. The Morgan fingerprint density at radius 1 is 0.962 bits per heavy atom. The summed E-state index contributed by atoms with van der Waals surface area (Å²) in [6.07, 6.45) is 4.13. The zero-order chi connectivity index (χ0) is 17.9. The summed E-state index contributed by atoms with van der Waals surface area (Å²) in [5.74, 6) is 1.66. The van der Waals surface area contributed by atoms with Crippen LogP contribution in [0.3, 0.4) is 0 Å². The van der Waals surface area contributed by atoms with Gasteiger partial charge in [-0.15, -0.1) is 0 Å². The van der Waals surface area contributed by atoms with Crippen LogP contribution in [0.4, 0.5) is 11.8 Å². The van der Waals surface area contributed by atoms with E-state index in [1.165, 1.54) is 0 Å². The van der Waals surface area contributed by atoms with E-state index in [1.54, 1.807) is 12.3 Å². The van der Waals surface area contributed by atoms with Crippen molar-refractivity contribution in [2.24, 2.45) is 0 Å². The molecule has 0 atom stereocenters. The van der Waals surface area contributed by atoms with E-state index < -0.39 is 0 Å². The van der Waals surface area contributed by atoms with Crippen molar-refractivity contribution in [1.29, 1.82) is 0 Å². The summed E-state index contributed by atoms with van der Waals surface area (Å²) in [6, 6.07) is 7.71. The predicted molar refractivity (Wildman–Crippen MR) is 101 cm³/mol. The van der Waals surface area contributed by atoms with Gasteiger partial charge in [-0.05, 0) is 38.0 Å². The molecule has 4 heterocycles. The maximum absolute atomic E-state index is 12.9. The fourth-order valence-electron chi connectivity index (χ4n) is 3.56. The number of nitrogens with zero attached hydrogens (tertiary/aromatic N) is 6. The molecule has 0 unspecified atom stereocenters. The standard InChI is InChI=1S/C19H24N6O/c1-15-14-16(22-19(21-15)25-8-4-5-9-25)18(26)24-12-10-23(11-13-24)17-6-2-3-7-20-17/h2-3,6-7,14H,4-5,8-13H2,1H3. The van der Waals surface area contributed by atoms with Crippen molar-refractivity contribution < 1.29 is 4.79 Å². The number of carbonyl (C=O) groups excluding carboxylic acids is 1. The van der Waals surface area contributed by atoms with Crippen LogP contribution >= 0.6 is 0 Å². The molecule has 0 bridgehead atoms. The Bertz CT molecular complexity index is 767. The minimum absolute atomic E-state index is 0.00313. The van der Waals surface area contributed by atoms with Crippen molar-refractivity contribution >= 4 is 17.7 Å². The van der Waals surface area contributed by atoms with Crippen molar-refractivity contribution in [1.82, 2.24) is 19.9 Å². The normalized spacial score (nSPS) is 17.7. The summed E-state index contributed by atoms with van der Waals surface area (Å²) < 4.78 is 0. The summed E-state index contributed by atoms with van der Waals surface area (Å²) in [4.78, 5) is 32.7. The van der Waals surface area contributed by atoms with Gasteiger partial charge in [-0.2, -0.15) is 0 Å². The summed E-state index contributed by atoms with van der Waals surface area (Å²) in [7, 11) is 0. The Balaban J connectivity index is 1.45. The summed E-state index contributed by atoms with van der Waals surface area (Å²) in [5.41, 5.74) is 1.35. The molecule has 0 aromatic carbocycles. The van der Waals surface area contributed by atoms with E-state index in [0.29, 0.717) is 24.7 Å². The Morgan fingerprint density at radius 2 is 1.73 bits per heavy atom. The number of hydrogen-bond donors (Lipinski definition) is 0. The average molecular weight is 352 g/mol. The largest absolute Gasteiger partial charge is 0.353 e. The fraction of sp³-hybridized carbons (Fsp3) is 0.474. The molecule has 7 nitrogen and oxygen atoms in total. The molecule has 0 aliphatic carbocycles. The molecule has 2 aromatic heterocycles. The van der Waals surface area contributed by atoms with E-state index in [9.17, 15) is 4.79 Å². The number of piperazine rings is 1. The third-order valence-corrected chi connectivity index (χ3v) is 4.99. The van der Waals surface area contributed by atoms with Crippen molar-refractivity contribution in [3.05, 3.63) is 41.9 Å². The van der Waals surface area contributed by atoms with Gasteiger partial charge in [-0.1, -0.05) is 6.07 Å². The SMILES string of the molecule is Cc1cc(C(=O)N2CCN(c3ccccn3)CC2)nc(N2CCCC2)n1. The fourth-order valence-corrected chi connectivity index (χ4v) is 3.56. The highest BCUT2D eigenvalue weighted by atomic mass is 16.2. The van der Waals surface area contributed by atoms with Gasteiger partial charge < -0.3 is 14.7 Å². The third-order valence-electron chi connectivity index (χ3n) is 4.99. The highest BCUT2D eigenvalue weighted by molar-refractivity contribution is 5.92. The lowest BCUT2D eigenvalue weighted by Crippen LogP contribution is -2.49. The van der Waals surface area contributed by atoms with Crippen LogP contribution in [0.25, 0.3) is 0 Å². The lowest BCUT2D eigenvalue weighted by Gasteiger charge is -2.35.